The Morgan fingerprint density at radius 3 is 2.16 bits per heavy atom. The van der Waals surface area contributed by atoms with E-state index in [-0.39, 0.29) is 17.4 Å². The number of amidine groups is 1. The monoisotopic (exact) mass is 659 g/mol. The zero-order chi connectivity index (χ0) is 31.6. The minimum atomic E-state index is -4.77. The lowest BCUT2D eigenvalue weighted by molar-refractivity contribution is -0.385. The van der Waals surface area contributed by atoms with E-state index in [4.69, 9.17) is 32.7 Å². The van der Waals surface area contributed by atoms with Gasteiger partial charge in [-0.3, -0.25) is 19.8 Å². The zero-order valence-electron chi connectivity index (χ0n) is 22.3. The van der Waals surface area contributed by atoms with Crippen LogP contribution in [0.1, 0.15) is 11.1 Å². The Bertz CT molecular complexity index is 1810. The van der Waals surface area contributed by atoms with Gasteiger partial charge in [-0.2, -0.15) is 13.2 Å². The number of benzene rings is 4. The number of hydrogen-bond donors (Lipinski definition) is 0. The van der Waals surface area contributed by atoms with Crippen molar-refractivity contribution in [3.8, 4) is 17.2 Å². The van der Waals surface area contributed by atoms with E-state index < -0.39 is 28.1 Å². The first-order valence-electron chi connectivity index (χ1n) is 12.5. The van der Waals surface area contributed by atoms with Crippen LogP contribution < -0.4 is 14.4 Å². The molecule has 0 bridgehead atoms. The van der Waals surface area contributed by atoms with Gasteiger partial charge >= 0.3 is 11.9 Å². The summed E-state index contributed by atoms with van der Waals surface area (Å²) in [6.45, 7) is 0. The summed E-state index contributed by atoms with van der Waals surface area (Å²) in [6.07, 6.45) is -3.17. The lowest BCUT2D eigenvalue weighted by Gasteiger charge is -2.15. The van der Waals surface area contributed by atoms with Gasteiger partial charge in [0.25, 0.3) is 5.91 Å². The number of nitrogens with zero attached hydrogens (tertiary/aromatic N) is 3. The molecular weight excluding hydrogens is 642 g/mol. The van der Waals surface area contributed by atoms with Crippen LogP contribution in [-0.4, -0.2) is 23.1 Å². The molecule has 1 fully saturated rings. The van der Waals surface area contributed by atoms with Crippen molar-refractivity contribution in [3.05, 3.63) is 121 Å². The second-order valence-electron chi connectivity index (χ2n) is 9.05. The molecule has 1 amide bonds. The van der Waals surface area contributed by atoms with E-state index in [1.165, 1.54) is 24.1 Å². The lowest BCUT2D eigenvalue weighted by atomic mass is 10.1. The second kappa shape index (κ2) is 12.6. The first-order valence-corrected chi connectivity index (χ1v) is 14.1. The molecular formula is C30H18Cl2F3N3O5S. The Hall–Kier alpha value is -4.52. The molecule has 44 heavy (non-hydrogen) atoms. The number of thioether (sulfide) groups is 1. The Labute approximate surface area is 262 Å². The van der Waals surface area contributed by atoms with E-state index in [2.05, 4.69) is 4.99 Å². The van der Waals surface area contributed by atoms with E-state index in [9.17, 15) is 28.1 Å². The van der Waals surface area contributed by atoms with E-state index in [0.29, 0.717) is 49.2 Å². The maximum Gasteiger partial charge on any atom is 0.416 e. The molecule has 0 spiro atoms. The molecule has 0 radical (unpaired) electrons. The van der Waals surface area contributed by atoms with E-state index in [0.717, 1.165) is 17.8 Å². The van der Waals surface area contributed by atoms with Gasteiger partial charge in [0.15, 0.2) is 16.7 Å². The van der Waals surface area contributed by atoms with Crippen LogP contribution >= 0.6 is 35.0 Å². The summed E-state index contributed by atoms with van der Waals surface area (Å²) in [6, 6.07) is 20.0. The Morgan fingerprint density at radius 1 is 0.909 bits per heavy atom. The number of amides is 1. The van der Waals surface area contributed by atoms with Crippen molar-refractivity contribution < 1.29 is 32.4 Å². The number of ether oxygens (including phenoxy) is 2. The largest absolute Gasteiger partial charge is 0.493 e. The number of carbonyl (C=O) groups is 1. The van der Waals surface area contributed by atoms with Crippen LogP contribution in [-0.2, 0) is 11.0 Å². The fraction of sp³-hybridized carbons (Fsp3) is 0.0667. The molecule has 1 aliphatic heterocycles. The normalized spacial score (nSPS) is 15.2. The number of hydrogen-bond acceptors (Lipinski definition) is 7. The molecule has 4 aromatic rings. The van der Waals surface area contributed by atoms with E-state index >= 15 is 0 Å². The second-order valence-corrected chi connectivity index (χ2v) is 10.9. The summed E-state index contributed by atoms with van der Waals surface area (Å²) in [7, 11) is 1.33. The first kappa shape index (κ1) is 30.9. The molecule has 0 aliphatic carbocycles. The van der Waals surface area contributed by atoms with Gasteiger partial charge < -0.3 is 9.47 Å². The predicted molar refractivity (Wildman–Crippen MR) is 164 cm³/mol. The van der Waals surface area contributed by atoms with Crippen LogP contribution in [0, 0.1) is 10.1 Å². The maximum atomic E-state index is 13.6. The number of rotatable bonds is 7. The summed E-state index contributed by atoms with van der Waals surface area (Å²) < 4.78 is 50.3. The topological polar surface area (TPSA) is 94.3 Å². The molecule has 14 heteroatoms. The highest BCUT2D eigenvalue weighted by Gasteiger charge is 2.35. The fourth-order valence-electron chi connectivity index (χ4n) is 4.04. The standard InChI is InChI=1S/C30H18Cl2F3N3O5S/c1-42-26-14-17(2-12-25(26)43-24-13-3-18(30(33,34)35)16-23(24)38(40)41)15-27-28(39)37(22-10-6-20(32)7-11-22)29(44-27)36-21-8-4-19(31)5-9-21/h2-16H,1H3/b27-15-,36-29?. The fourth-order valence-corrected chi connectivity index (χ4v) is 5.30. The molecule has 4 aromatic carbocycles. The van der Waals surface area contributed by atoms with Gasteiger partial charge in [-0.1, -0.05) is 29.3 Å². The van der Waals surface area contributed by atoms with Crippen LogP contribution in [0.5, 0.6) is 17.2 Å². The van der Waals surface area contributed by atoms with Crippen LogP contribution in [0.2, 0.25) is 10.0 Å². The Morgan fingerprint density at radius 2 is 1.55 bits per heavy atom. The molecule has 1 heterocycles. The smallest absolute Gasteiger partial charge is 0.416 e. The molecule has 0 N–H and O–H groups in total. The number of aliphatic imine (C=N–C) groups is 1. The van der Waals surface area contributed by atoms with Gasteiger partial charge in [0.2, 0.25) is 5.75 Å². The molecule has 1 saturated heterocycles. The molecule has 0 atom stereocenters. The molecule has 224 valence electrons. The number of alkyl halides is 3. The Kier molecular flexibility index (Phi) is 8.86. The van der Waals surface area contributed by atoms with Gasteiger partial charge in [0.1, 0.15) is 0 Å². The minimum absolute atomic E-state index is 0.00990. The predicted octanol–water partition coefficient (Wildman–Crippen LogP) is 9.53. The van der Waals surface area contributed by atoms with Gasteiger partial charge in [0.05, 0.1) is 33.9 Å². The third-order valence-corrected chi connectivity index (χ3v) is 7.60. The molecule has 0 aromatic heterocycles. The number of anilines is 1. The molecule has 1 aliphatic rings. The van der Waals surface area contributed by atoms with Gasteiger partial charge in [-0.15, -0.1) is 0 Å². The van der Waals surface area contributed by atoms with Crippen molar-refractivity contribution in [2.75, 3.05) is 12.0 Å². The average molecular weight is 660 g/mol. The van der Waals surface area contributed by atoms with Crippen molar-refractivity contribution in [1.82, 2.24) is 0 Å². The lowest BCUT2D eigenvalue weighted by Crippen LogP contribution is -2.28. The van der Waals surface area contributed by atoms with Crippen LogP contribution in [0.15, 0.2) is 94.8 Å². The van der Waals surface area contributed by atoms with Gasteiger partial charge in [-0.25, -0.2) is 4.99 Å². The maximum absolute atomic E-state index is 13.6. The minimum Gasteiger partial charge on any atom is -0.493 e. The van der Waals surface area contributed by atoms with Crippen molar-refractivity contribution in [1.29, 1.82) is 0 Å². The molecule has 0 saturated carbocycles. The highest BCUT2D eigenvalue weighted by atomic mass is 35.5. The molecule has 0 unspecified atom stereocenters. The highest BCUT2D eigenvalue weighted by molar-refractivity contribution is 8.19. The quantitative estimate of drug-likeness (QED) is 0.111. The summed E-state index contributed by atoms with van der Waals surface area (Å²) in [5.41, 5.74) is -0.421. The summed E-state index contributed by atoms with van der Waals surface area (Å²) in [5, 5.41) is 12.9. The van der Waals surface area contributed by atoms with Crippen LogP contribution in [0.3, 0.4) is 0 Å². The first-order chi connectivity index (χ1) is 20.9. The average Bonchev–Trinajstić information content (AvgIpc) is 3.28. The van der Waals surface area contributed by atoms with Crippen molar-refractivity contribution in [2.45, 2.75) is 6.18 Å². The summed E-state index contributed by atoms with van der Waals surface area (Å²) in [5.74, 6) is -0.635. The zero-order valence-corrected chi connectivity index (χ0v) is 24.7. The van der Waals surface area contributed by atoms with Crippen molar-refractivity contribution >= 4 is 69.2 Å². The summed E-state index contributed by atoms with van der Waals surface area (Å²) in [4.78, 5) is 30.5. The third kappa shape index (κ3) is 6.83. The van der Waals surface area contributed by atoms with Crippen LogP contribution in [0.25, 0.3) is 6.08 Å². The number of nitro groups is 1. The third-order valence-electron chi connectivity index (χ3n) is 6.13. The number of methoxy groups -OCH3 is 1. The van der Waals surface area contributed by atoms with E-state index in [1.54, 1.807) is 60.7 Å². The van der Waals surface area contributed by atoms with Crippen molar-refractivity contribution in [2.24, 2.45) is 4.99 Å². The van der Waals surface area contributed by atoms with Crippen LogP contribution in [0.4, 0.5) is 30.2 Å². The number of halogens is 5. The number of nitro benzene ring substituents is 1. The number of carbonyl (C=O) groups excluding carboxylic acids is 1. The van der Waals surface area contributed by atoms with Gasteiger partial charge in [-0.05, 0) is 96.2 Å². The SMILES string of the molecule is COc1cc(/C=C2\SC(=Nc3ccc(Cl)cc3)N(c3ccc(Cl)cc3)C2=O)ccc1Oc1ccc(C(F)(F)F)cc1[N+](=O)[O-]. The molecule has 5 rings (SSSR count). The van der Waals surface area contributed by atoms with E-state index in [1.807, 2.05) is 0 Å². The Balaban J connectivity index is 1.48. The highest BCUT2D eigenvalue weighted by Crippen LogP contribution is 2.42. The van der Waals surface area contributed by atoms with Crippen molar-refractivity contribution in [3.63, 3.8) is 0 Å². The summed E-state index contributed by atoms with van der Waals surface area (Å²) >= 11 is 13.2. The van der Waals surface area contributed by atoms with Gasteiger partial charge in [0, 0.05) is 16.1 Å². The molecule has 8 nitrogen and oxygen atoms in total.